The molecule has 100 valence electrons. The Morgan fingerprint density at radius 2 is 2.00 bits per heavy atom. The van der Waals surface area contributed by atoms with E-state index >= 15 is 0 Å². The van der Waals surface area contributed by atoms with Gasteiger partial charge in [0.15, 0.2) is 0 Å². The third-order valence-corrected chi connectivity index (χ3v) is 3.66. The average molecular weight is 338 g/mol. The van der Waals surface area contributed by atoms with Crippen molar-refractivity contribution in [3.05, 3.63) is 33.8 Å². The first-order valence-corrected chi connectivity index (χ1v) is 7.56. The van der Waals surface area contributed by atoms with Crippen LogP contribution < -0.4 is 5.32 Å². The Hall–Kier alpha value is -0.620. The van der Waals surface area contributed by atoms with Crippen molar-refractivity contribution in [1.82, 2.24) is 5.32 Å². The van der Waals surface area contributed by atoms with Gasteiger partial charge >= 0.3 is 0 Å². The van der Waals surface area contributed by atoms with Crippen LogP contribution in [0.4, 0.5) is 8.78 Å². The second kappa shape index (κ2) is 7.09. The van der Waals surface area contributed by atoms with Crippen LogP contribution in [-0.2, 0) is 0 Å². The number of carbonyl (C=O) groups is 1. The second-order valence-corrected chi connectivity index (χ2v) is 5.84. The molecule has 1 rings (SSSR count). The summed E-state index contributed by atoms with van der Waals surface area (Å²) in [6.07, 6.45) is 1.96. The summed E-state index contributed by atoms with van der Waals surface area (Å²) in [4.78, 5) is 11.7. The summed E-state index contributed by atoms with van der Waals surface area (Å²) >= 11 is 4.62. The summed E-state index contributed by atoms with van der Waals surface area (Å²) in [5, 5.41) is 2.54. The lowest BCUT2D eigenvalue weighted by Gasteiger charge is -2.12. The Balaban J connectivity index is 2.73. The standard InChI is InChI=1S/C12H14BrF2NOS/c1-7(6-18-2)5-16-12(17)11-9(14)3-8(13)4-10(11)15/h3-4,7H,5-6H2,1-2H3,(H,16,17). The summed E-state index contributed by atoms with van der Waals surface area (Å²) in [6, 6.07) is 2.15. The minimum atomic E-state index is -0.864. The maximum Gasteiger partial charge on any atom is 0.257 e. The number of hydrogen-bond donors (Lipinski definition) is 1. The van der Waals surface area contributed by atoms with Crippen molar-refractivity contribution in [2.75, 3.05) is 18.6 Å². The first-order valence-electron chi connectivity index (χ1n) is 5.37. The number of amides is 1. The molecule has 0 aromatic heterocycles. The van der Waals surface area contributed by atoms with E-state index in [2.05, 4.69) is 21.2 Å². The largest absolute Gasteiger partial charge is 0.352 e. The normalized spacial score (nSPS) is 12.3. The molecular weight excluding hydrogens is 324 g/mol. The zero-order valence-corrected chi connectivity index (χ0v) is 12.5. The molecule has 0 saturated carbocycles. The molecule has 1 unspecified atom stereocenters. The third-order valence-electron chi connectivity index (χ3n) is 2.30. The van der Waals surface area contributed by atoms with Crippen LogP contribution in [0.3, 0.4) is 0 Å². The first-order chi connectivity index (χ1) is 8.45. The highest BCUT2D eigenvalue weighted by atomic mass is 79.9. The van der Waals surface area contributed by atoms with Gasteiger partial charge in [0.2, 0.25) is 0 Å². The molecule has 18 heavy (non-hydrogen) atoms. The van der Waals surface area contributed by atoms with E-state index in [1.807, 2.05) is 13.2 Å². The number of nitrogens with one attached hydrogen (secondary N) is 1. The predicted molar refractivity (Wildman–Crippen MR) is 73.9 cm³/mol. The van der Waals surface area contributed by atoms with E-state index in [0.29, 0.717) is 6.54 Å². The van der Waals surface area contributed by atoms with Crippen LogP contribution in [0.15, 0.2) is 16.6 Å². The molecule has 1 aromatic carbocycles. The van der Waals surface area contributed by atoms with Gasteiger partial charge in [-0.15, -0.1) is 0 Å². The fourth-order valence-corrected chi connectivity index (χ4v) is 2.55. The van der Waals surface area contributed by atoms with E-state index in [1.54, 1.807) is 11.8 Å². The fraction of sp³-hybridized carbons (Fsp3) is 0.417. The molecule has 1 aromatic rings. The van der Waals surface area contributed by atoms with Crippen LogP contribution in [0.5, 0.6) is 0 Å². The van der Waals surface area contributed by atoms with E-state index in [-0.39, 0.29) is 10.4 Å². The molecule has 0 saturated heterocycles. The zero-order chi connectivity index (χ0) is 13.7. The number of thioether (sulfide) groups is 1. The monoisotopic (exact) mass is 337 g/mol. The molecule has 6 heteroatoms. The van der Waals surface area contributed by atoms with Gasteiger partial charge in [0.1, 0.15) is 17.2 Å². The lowest BCUT2D eigenvalue weighted by Crippen LogP contribution is -2.30. The van der Waals surface area contributed by atoms with Crippen LogP contribution in [0, 0.1) is 17.6 Å². The summed E-state index contributed by atoms with van der Waals surface area (Å²) in [5.41, 5.74) is -0.533. The molecule has 1 N–H and O–H groups in total. The SMILES string of the molecule is CSCC(C)CNC(=O)c1c(F)cc(Br)cc1F. The van der Waals surface area contributed by atoms with E-state index in [1.165, 1.54) is 0 Å². The van der Waals surface area contributed by atoms with Crippen LogP contribution in [0.25, 0.3) is 0 Å². The van der Waals surface area contributed by atoms with Crippen LogP contribution in [0.2, 0.25) is 0 Å². The van der Waals surface area contributed by atoms with Crippen molar-refractivity contribution in [2.45, 2.75) is 6.92 Å². The van der Waals surface area contributed by atoms with E-state index in [0.717, 1.165) is 17.9 Å². The van der Waals surface area contributed by atoms with Gasteiger partial charge in [0, 0.05) is 11.0 Å². The van der Waals surface area contributed by atoms with Crippen molar-refractivity contribution in [1.29, 1.82) is 0 Å². The summed E-state index contributed by atoms with van der Waals surface area (Å²) in [5.74, 6) is -1.31. The lowest BCUT2D eigenvalue weighted by molar-refractivity contribution is 0.0941. The molecule has 2 nitrogen and oxygen atoms in total. The van der Waals surface area contributed by atoms with Gasteiger partial charge in [-0.25, -0.2) is 8.78 Å². The minimum absolute atomic E-state index is 0.255. The van der Waals surface area contributed by atoms with Crippen molar-refractivity contribution in [2.24, 2.45) is 5.92 Å². The van der Waals surface area contributed by atoms with E-state index in [9.17, 15) is 13.6 Å². The molecule has 0 aliphatic heterocycles. The maximum absolute atomic E-state index is 13.5. The number of carbonyl (C=O) groups excluding carboxylic acids is 1. The Morgan fingerprint density at radius 3 is 2.50 bits per heavy atom. The predicted octanol–water partition coefficient (Wildman–Crippen LogP) is 3.46. The molecule has 1 amide bonds. The molecule has 0 bridgehead atoms. The molecule has 0 spiro atoms. The number of rotatable bonds is 5. The van der Waals surface area contributed by atoms with Crippen LogP contribution in [0.1, 0.15) is 17.3 Å². The molecule has 0 radical (unpaired) electrons. The molecule has 0 fully saturated rings. The van der Waals surface area contributed by atoms with E-state index in [4.69, 9.17) is 0 Å². The second-order valence-electron chi connectivity index (χ2n) is 4.01. The zero-order valence-electron chi connectivity index (χ0n) is 10.1. The third kappa shape index (κ3) is 4.24. The van der Waals surface area contributed by atoms with Crippen LogP contribution >= 0.6 is 27.7 Å². The highest BCUT2D eigenvalue weighted by Gasteiger charge is 2.18. The molecule has 0 heterocycles. The minimum Gasteiger partial charge on any atom is -0.352 e. The van der Waals surface area contributed by atoms with Gasteiger partial charge in [0.25, 0.3) is 5.91 Å². The van der Waals surface area contributed by atoms with Gasteiger partial charge in [-0.05, 0) is 30.1 Å². The van der Waals surface area contributed by atoms with E-state index < -0.39 is 23.1 Å². The maximum atomic E-state index is 13.5. The Kier molecular flexibility index (Phi) is 6.08. The van der Waals surface area contributed by atoms with Crippen molar-refractivity contribution in [3.8, 4) is 0 Å². The first kappa shape index (κ1) is 15.4. The van der Waals surface area contributed by atoms with Gasteiger partial charge in [0.05, 0.1) is 0 Å². The Bertz CT molecular complexity index is 419. The highest BCUT2D eigenvalue weighted by Crippen LogP contribution is 2.19. The fourth-order valence-electron chi connectivity index (χ4n) is 1.46. The van der Waals surface area contributed by atoms with Gasteiger partial charge in [-0.1, -0.05) is 22.9 Å². The molecule has 1 atom stereocenters. The van der Waals surface area contributed by atoms with Gasteiger partial charge in [-0.2, -0.15) is 11.8 Å². The van der Waals surface area contributed by atoms with Gasteiger partial charge in [-0.3, -0.25) is 4.79 Å². The average Bonchev–Trinajstić information content (AvgIpc) is 2.25. The summed E-state index contributed by atoms with van der Waals surface area (Å²) < 4.78 is 27.3. The number of benzene rings is 1. The smallest absolute Gasteiger partial charge is 0.257 e. The van der Waals surface area contributed by atoms with Crippen LogP contribution in [-0.4, -0.2) is 24.5 Å². The van der Waals surface area contributed by atoms with Crippen molar-refractivity contribution in [3.63, 3.8) is 0 Å². The van der Waals surface area contributed by atoms with Crippen molar-refractivity contribution >= 4 is 33.6 Å². The summed E-state index contributed by atoms with van der Waals surface area (Å²) in [7, 11) is 0. The lowest BCUT2D eigenvalue weighted by atomic mass is 10.1. The van der Waals surface area contributed by atoms with Crippen molar-refractivity contribution < 1.29 is 13.6 Å². The molecule has 0 aliphatic rings. The molecular formula is C12H14BrF2NOS. The number of hydrogen-bond acceptors (Lipinski definition) is 2. The van der Waals surface area contributed by atoms with Gasteiger partial charge < -0.3 is 5.32 Å². The topological polar surface area (TPSA) is 29.1 Å². The quantitative estimate of drug-likeness (QED) is 0.891. The summed E-state index contributed by atoms with van der Waals surface area (Å²) in [6.45, 7) is 2.36. The Morgan fingerprint density at radius 1 is 1.44 bits per heavy atom. The number of halogens is 3. The molecule has 0 aliphatic carbocycles. The highest BCUT2D eigenvalue weighted by molar-refractivity contribution is 9.10. The Labute approximate surface area is 118 Å².